The topological polar surface area (TPSA) is 111 Å². The number of aromatic carboxylic acids is 1. The molecular weight excluding hydrogens is 601 g/mol. The number of hydrogen-bond donors (Lipinski definition) is 2. The fourth-order valence-electron chi connectivity index (χ4n) is 5.29. The number of rotatable bonds is 11. The van der Waals surface area contributed by atoms with Crippen molar-refractivity contribution in [3.63, 3.8) is 0 Å². The fraction of sp³-hybridized carbons (Fsp3) is 0.387. The number of carbonyl (C=O) groups is 1. The van der Waals surface area contributed by atoms with Gasteiger partial charge in [-0.25, -0.2) is 4.79 Å². The molecule has 0 aliphatic heterocycles. The summed E-state index contributed by atoms with van der Waals surface area (Å²) < 4.78 is 13.6. The van der Waals surface area contributed by atoms with Gasteiger partial charge in [-0.3, -0.25) is 4.68 Å². The summed E-state index contributed by atoms with van der Waals surface area (Å²) in [5.41, 5.74) is 1.79. The standard InChI is InChI=1S/C31H32Cl3N3O5/c1-5-20(41-15-21-28(36-42-29(21)18-9-10-18)27-22(32)7-6-8-23(27)33)11-24(34)17(4)31(40)13-19(14-31)26-12-25(30(38)39)35-37(26)16(2)3/h5-8,11-12,16,18-19,40H,4,9-10,13-15H2,1-3H3,(H,38,39)/b20-5+,24-11+/t19-,31-. The van der Waals surface area contributed by atoms with Crippen LogP contribution in [0.2, 0.25) is 10.0 Å². The molecule has 3 aromatic rings. The van der Waals surface area contributed by atoms with Crippen molar-refractivity contribution in [3.8, 4) is 11.3 Å². The summed E-state index contributed by atoms with van der Waals surface area (Å²) in [6, 6.07) is 6.82. The Bertz CT molecular complexity index is 1570. The van der Waals surface area contributed by atoms with Crippen LogP contribution in [0.25, 0.3) is 11.3 Å². The molecule has 2 aliphatic carbocycles. The molecule has 2 fully saturated rings. The van der Waals surface area contributed by atoms with Crippen LogP contribution in [0.15, 0.2) is 63.9 Å². The summed E-state index contributed by atoms with van der Waals surface area (Å²) in [7, 11) is 0. The Morgan fingerprint density at radius 1 is 1.26 bits per heavy atom. The van der Waals surface area contributed by atoms with Gasteiger partial charge in [0.05, 0.1) is 21.2 Å². The van der Waals surface area contributed by atoms with Gasteiger partial charge < -0.3 is 19.5 Å². The van der Waals surface area contributed by atoms with Gasteiger partial charge in [-0.1, -0.05) is 52.6 Å². The molecule has 0 unspecified atom stereocenters. The van der Waals surface area contributed by atoms with Crippen LogP contribution < -0.4 is 0 Å². The van der Waals surface area contributed by atoms with Crippen LogP contribution in [-0.4, -0.2) is 36.7 Å². The Morgan fingerprint density at radius 2 is 1.93 bits per heavy atom. The third-order valence-corrected chi connectivity index (χ3v) is 8.78. The molecule has 0 amide bonds. The number of ether oxygens (including phenoxy) is 1. The van der Waals surface area contributed by atoms with Gasteiger partial charge in [-0.2, -0.15) is 5.10 Å². The Morgan fingerprint density at radius 3 is 2.50 bits per heavy atom. The van der Waals surface area contributed by atoms with Gasteiger partial charge in [0.15, 0.2) is 5.69 Å². The van der Waals surface area contributed by atoms with Gasteiger partial charge in [0, 0.05) is 34.2 Å². The van der Waals surface area contributed by atoms with Gasteiger partial charge >= 0.3 is 5.97 Å². The molecule has 0 saturated heterocycles. The minimum absolute atomic E-state index is 0.0154. The lowest BCUT2D eigenvalue weighted by Crippen LogP contribution is -2.44. The van der Waals surface area contributed by atoms with E-state index in [2.05, 4.69) is 16.8 Å². The largest absolute Gasteiger partial charge is 0.489 e. The zero-order valence-electron chi connectivity index (χ0n) is 23.5. The van der Waals surface area contributed by atoms with E-state index in [0.29, 0.717) is 45.5 Å². The first-order chi connectivity index (χ1) is 19.9. The van der Waals surface area contributed by atoms with Crippen LogP contribution in [0.4, 0.5) is 0 Å². The van der Waals surface area contributed by atoms with Crippen molar-refractivity contribution < 1.29 is 24.3 Å². The summed E-state index contributed by atoms with van der Waals surface area (Å²) in [6.07, 6.45) is 6.09. The fourth-order valence-corrected chi connectivity index (χ4v) is 6.15. The minimum atomic E-state index is -1.24. The molecule has 1 aromatic carbocycles. The number of aromatic nitrogens is 3. The first kappa shape index (κ1) is 30.4. The van der Waals surface area contributed by atoms with Crippen LogP contribution in [0, 0.1) is 0 Å². The van der Waals surface area contributed by atoms with Crippen LogP contribution in [-0.2, 0) is 11.3 Å². The predicted octanol–water partition coefficient (Wildman–Crippen LogP) is 8.41. The lowest BCUT2D eigenvalue weighted by molar-refractivity contribution is -0.0139. The number of allylic oxidation sites excluding steroid dienone is 2. The second-order valence-electron chi connectivity index (χ2n) is 11.1. The van der Waals surface area contributed by atoms with E-state index in [-0.39, 0.29) is 35.2 Å². The third kappa shape index (κ3) is 5.91. The highest BCUT2D eigenvalue weighted by Gasteiger charge is 2.47. The Balaban J connectivity index is 1.30. The molecular formula is C31H32Cl3N3O5. The lowest BCUT2D eigenvalue weighted by Gasteiger charge is -2.45. The molecule has 222 valence electrons. The normalized spacial score (nSPS) is 21.0. The lowest BCUT2D eigenvalue weighted by atomic mass is 9.66. The molecule has 2 aromatic heterocycles. The van der Waals surface area contributed by atoms with Gasteiger partial charge in [0.1, 0.15) is 23.8 Å². The van der Waals surface area contributed by atoms with E-state index in [4.69, 9.17) is 44.1 Å². The van der Waals surface area contributed by atoms with Gasteiger partial charge in [-0.05, 0) is 82.4 Å². The van der Waals surface area contributed by atoms with Crippen molar-refractivity contribution in [2.24, 2.45) is 0 Å². The number of nitrogens with zero attached hydrogens (tertiary/aromatic N) is 3. The average Bonchev–Trinajstić information content (AvgIpc) is 3.52. The van der Waals surface area contributed by atoms with E-state index < -0.39 is 11.6 Å². The molecule has 0 radical (unpaired) electrons. The number of benzene rings is 1. The summed E-state index contributed by atoms with van der Waals surface area (Å²) >= 11 is 19.6. The van der Waals surface area contributed by atoms with E-state index >= 15 is 0 Å². The zero-order valence-corrected chi connectivity index (χ0v) is 25.8. The summed E-state index contributed by atoms with van der Waals surface area (Å²) in [5.74, 6) is 0.345. The highest BCUT2D eigenvalue weighted by atomic mass is 35.5. The molecule has 8 nitrogen and oxygen atoms in total. The van der Waals surface area contributed by atoms with Crippen molar-refractivity contribution in [2.45, 2.75) is 76.5 Å². The molecule has 42 heavy (non-hydrogen) atoms. The van der Waals surface area contributed by atoms with Gasteiger partial charge in [-0.15, -0.1) is 0 Å². The molecule has 0 bridgehead atoms. The van der Waals surface area contributed by atoms with Crippen molar-refractivity contribution in [1.82, 2.24) is 14.9 Å². The van der Waals surface area contributed by atoms with Gasteiger partial charge in [0.25, 0.3) is 0 Å². The average molecular weight is 633 g/mol. The molecule has 11 heteroatoms. The first-order valence-corrected chi connectivity index (χ1v) is 14.9. The number of hydrogen-bond acceptors (Lipinski definition) is 6. The Labute approximate surface area is 259 Å². The highest BCUT2D eigenvalue weighted by molar-refractivity contribution is 6.39. The van der Waals surface area contributed by atoms with Crippen molar-refractivity contribution >= 4 is 40.8 Å². The van der Waals surface area contributed by atoms with E-state index in [0.717, 1.165) is 29.9 Å². The van der Waals surface area contributed by atoms with Crippen molar-refractivity contribution in [2.75, 3.05) is 0 Å². The smallest absolute Gasteiger partial charge is 0.356 e. The van der Waals surface area contributed by atoms with E-state index in [1.165, 1.54) is 0 Å². The molecule has 2 saturated carbocycles. The maximum Gasteiger partial charge on any atom is 0.356 e. The van der Waals surface area contributed by atoms with Crippen LogP contribution >= 0.6 is 34.8 Å². The number of halogens is 3. The highest BCUT2D eigenvalue weighted by Crippen LogP contribution is 2.51. The number of aliphatic hydroxyl groups is 1. The van der Waals surface area contributed by atoms with Crippen LogP contribution in [0.3, 0.4) is 0 Å². The molecule has 0 atom stereocenters. The quantitative estimate of drug-likeness (QED) is 0.161. The maximum absolute atomic E-state index is 11.5. The summed E-state index contributed by atoms with van der Waals surface area (Å²) in [6.45, 7) is 9.92. The SMILES string of the molecule is C=C(/C(Cl)=C\C(=C/C)OCc1c(-c2c(Cl)cccc2Cl)noc1C1CC1)[C@]1(O)C[C@H](c2cc(C(=O)O)nn2C(C)C)C1. The third-order valence-electron chi connectivity index (χ3n) is 7.81. The van der Waals surface area contributed by atoms with E-state index in [9.17, 15) is 15.0 Å². The van der Waals surface area contributed by atoms with Crippen molar-refractivity contribution in [1.29, 1.82) is 0 Å². The second-order valence-corrected chi connectivity index (χ2v) is 12.4. The predicted molar refractivity (Wildman–Crippen MR) is 162 cm³/mol. The zero-order chi connectivity index (χ0) is 30.3. The maximum atomic E-state index is 11.5. The van der Waals surface area contributed by atoms with Crippen LogP contribution in [0.5, 0.6) is 0 Å². The second kappa shape index (κ2) is 11.9. The summed E-state index contributed by atoms with van der Waals surface area (Å²) in [5, 5.41) is 30.4. The number of carboxylic acid groups (broad SMARTS) is 1. The number of carboxylic acids is 1. The van der Waals surface area contributed by atoms with E-state index in [1.807, 2.05) is 20.8 Å². The van der Waals surface area contributed by atoms with E-state index in [1.54, 1.807) is 41.1 Å². The Kier molecular flexibility index (Phi) is 8.63. The Hall–Kier alpha value is -3.04. The molecule has 5 rings (SSSR count). The van der Waals surface area contributed by atoms with Crippen LogP contribution in [0.1, 0.15) is 91.8 Å². The van der Waals surface area contributed by atoms with Gasteiger partial charge in [0.2, 0.25) is 0 Å². The molecule has 2 N–H and O–H groups in total. The summed E-state index contributed by atoms with van der Waals surface area (Å²) in [4.78, 5) is 11.5. The minimum Gasteiger partial charge on any atom is -0.489 e. The molecule has 2 heterocycles. The first-order valence-electron chi connectivity index (χ1n) is 13.8. The molecule has 0 spiro atoms. The molecule has 2 aliphatic rings. The van der Waals surface area contributed by atoms with Crippen molar-refractivity contribution in [3.05, 3.63) is 92.1 Å². The monoisotopic (exact) mass is 631 g/mol.